The van der Waals surface area contributed by atoms with Gasteiger partial charge in [0.2, 0.25) is 5.69 Å². The predicted molar refractivity (Wildman–Crippen MR) is 101 cm³/mol. The van der Waals surface area contributed by atoms with Crippen molar-refractivity contribution < 1.29 is 9.53 Å². The van der Waals surface area contributed by atoms with Crippen LogP contribution in [0.2, 0.25) is 0 Å². The van der Waals surface area contributed by atoms with Crippen molar-refractivity contribution in [3.63, 3.8) is 0 Å². The lowest BCUT2D eigenvalue weighted by Crippen LogP contribution is -2.41. The Bertz CT molecular complexity index is 887. The van der Waals surface area contributed by atoms with Crippen LogP contribution in [-0.2, 0) is 4.74 Å². The normalized spacial score (nSPS) is 15.9. The average molecular weight is 421 g/mol. The minimum absolute atomic E-state index is 0.103. The van der Waals surface area contributed by atoms with Gasteiger partial charge in [-0.2, -0.15) is 5.10 Å². The number of ether oxygens (including phenoxy) is 1. The molecule has 3 heterocycles. The molecule has 26 heavy (non-hydrogen) atoms. The Balaban J connectivity index is 1.86. The maximum absolute atomic E-state index is 12.2. The summed E-state index contributed by atoms with van der Waals surface area (Å²) in [6.07, 6.45) is 2.55. The Morgan fingerprint density at radius 1 is 1.42 bits per heavy atom. The number of piperidine rings is 1. The molecular weight excluding hydrogens is 400 g/mol. The van der Waals surface area contributed by atoms with Gasteiger partial charge < -0.3 is 15.4 Å². The molecule has 2 N–H and O–H groups in total. The van der Waals surface area contributed by atoms with Crippen molar-refractivity contribution in [1.29, 1.82) is 0 Å². The summed E-state index contributed by atoms with van der Waals surface area (Å²) in [6.45, 7) is 14.3. The van der Waals surface area contributed by atoms with E-state index in [4.69, 9.17) is 17.0 Å². The number of hydrogen-bond acceptors (Lipinski definition) is 5. The van der Waals surface area contributed by atoms with Crippen LogP contribution in [0.3, 0.4) is 0 Å². The first-order chi connectivity index (χ1) is 12.2. The molecule has 1 saturated heterocycles. The molecule has 2 aromatic heterocycles. The number of likely N-dealkylation sites (tertiary alicyclic amines) is 1. The second kappa shape index (κ2) is 6.76. The maximum atomic E-state index is 12.2. The first kappa shape index (κ1) is 18.5. The molecule has 0 aliphatic carbocycles. The Hall–Kier alpha value is -2.34. The van der Waals surface area contributed by atoms with Crippen LogP contribution >= 0.6 is 15.9 Å². The molecule has 0 aromatic carbocycles. The third-order valence-electron chi connectivity index (χ3n) is 4.35. The summed E-state index contributed by atoms with van der Waals surface area (Å²) in [5.74, 6) is 0.431. The molecule has 8 nitrogen and oxygen atoms in total. The molecular formula is C17H21BrN6O2. The summed E-state index contributed by atoms with van der Waals surface area (Å²) < 4.78 is 7.76. The zero-order chi connectivity index (χ0) is 19.1. The molecule has 0 bridgehead atoms. The Morgan fingerprint density at radius 2 is 2.08 bits per heavy atom. The Morgan fingerprint density at radius 3 is 2.65 bits per heavy atom. The summed E-state index contributed by atoms with van der Waals surface area (Å²) in [7, 11) is 0. The molecule has 0 atom stereocenters. The third-order valence-corrected chi connectivity index (χ3v) is 5.10. The number of halogens is 1. The van der Waals surface area contributed by atoms with Gasteiger partial charge in [0.1, 0.15) is 17.4 Å². The standard InChI is InChI=1S/C17H21BrN6O2/c1-17(2,3)26-16(25)23-7-5-10(6-8-23)13-12(20-4)11(18)14-15(19)21-9-22-24(13)14/h9-10H,5-8H2,1-3H3,(H2,19,21,22). The molecule has 0 saturated carbocycles. The van der Waals surface area contributed by atoms with E-state index < -0.39 is 5.60 Å². The van der Waals surface area contributed by atoms with Gasteiger partial charge in [-0.15, -0.1) is 0 Å². The van der Waals surface area contributed by atoms with Crippen molar-refractivity contribution in [3.8, 4) is 0 Å². The first-order valence-corrected chi connectivity index (χ1v) is 9.18. The van der Waals surface area contributed by atoms with Crippen LogP contribution in [0.4, 0.5) is 16.3 Å². The molecule has 1 aliphatic rings. The zero-order valence-electron chi connectivity index (χ0n) is 15.0. The van der Waals surface area contributed by atoms with Gasteiger partial charge in [0.05, 0.1) is 16.7 Å². The number of hydrogen-bond donors (Lipinski definition) is 1. The minimum Gasteiger partial charge on any atom is -0.444 e. The largest absolute Gasteiger partial charge is 0.444 e. The van der Waals surface area contributed by atoms with E-state index in [1.807, 2.05) is 20.8 Å². The number of nitrogen functional groups attached to an aromatic ring is 1. The zero-order valence-corrected chi connectivity index (χ0v) is 16.6. The first-order valence-electron chi connectivity index (χ1n) is 8.39. The summed E-state index contributed by atoms with van der Waals surface area (Å²) in [6, 6.07) is 0. The summed E-state index contributed by atoms with van der Waals surface area (Å²) in [4.78, 5) is 21.7. The number of carbonyl (C=O) groups is 1. The average Bonchev–Trinajstić information content (AvgIpc) is 2.86. The maximum Gasteiger partial charge on any atom is 0.410 e. The predicted octanol–water partition coefficient (Wildman–Crippen LogP) is 3.74. The number of anilines is 1. The fourth-order valence-electron chi connectivity index (χ4n) is 3.21. The number of nitrogens with zero attached hydrogens (tertiary/aromatic N) is 5. The molecule has 0 radical (unpaired) electrons. The fraction of sp³-hybridized carbons (Fsp3) is 0.529. The van der Waals surface area contributed by atoms with E-state index in [0.717, 1.165) is 18.5 Å². The van der Waals surface area contributed by atoms with Crippen molar-refractivity contribution in [1.82, 2.24) is 19.5 Å². The molecule has 1 fully saturated rings. The van der Waals surface area contributed by atoms with E-state index in [0.29, 0.717) is 34.6 Å². The SMILES string of the molecule is [C-]#[N+]c1c(Br)c2c(N)ncnn2c1C1CCN(C(=O)OC(C)(C)C)CC1. The number of amides is 1. The van der Waals surface area contributed by atoms with Crippen LogP contribution in [0.1, 0.15) is 45.2 Å². The fourth-order valence-corrected chi connectivity index (χ4v) is 3.88. The molecule has 1 aliphatic heterocycles. The summed E-state index contributed by atoms with van der Waals surface area (Å²) >= 11 is 3.47. The van der Waals surface area contributed by atoms with Crippen LogP contribution in [0, 0.1) is 6.57 Å². The van der Waals surface area contributed by atoms with E-state index in [-0.39, 0.29) is 12.0 Å². The van der Waals surface area contributed by atoms with Crippen LogP contribution in [0.5, 0.6) is 0 Å². The van der Waals surface area contributed by atoms with Crippen LogP contribution in [-0.4, -0.2) is 44.3 Å². The smallest absolute Gasteiger partial charge is 0.410 e. The molecule has 3 rings (SSSR count). The Kier molecular flexibility index (Phi) is 4.80. The lowest BCUT2D eigenvalue weighted by atomic mass is 9.93. The van der Waals surface area contributed by atoms with Gasteiger partial charge in [0, 0.05) is 13.1 Å². The topological polar surface area (TPSA) is 90.1 Å². The van der Waals surface area contributed by atoms with Crippen molar-refractivity contribution in [2.75, 3.05) is 18.8 Å². The monoisotopic (exact) mass is 420 g/mol. The van der Waals surface area contributed by atoms with Gasteiger partial charge in [-0.1, -0.05) is 15.9 Å². The van der Waals surface area contributed by atoms with Crippen molar-refractivity contribution in [3.05, 3.63) is 27.9 Å². The quantitative estimate of drug-likeness (QED) is 0.709. The van der Waals surface area contributed by atoms with E-state index >= 15 is 0 Å². The van der Waals surface area contributed by atoms with Crippen LogP contribution < -0.4 is 5.73 Å². The molecule has 9 heteroatoms. The molecule has 138 valence electrons. The second-order valence-electron chi connectivity index (χ2n) is 7.31. The third kappa shape index (κ3) is 3.33. The van der Waals surface area contributed by atoms with Gasteiger partial charge >= 0.3 is 6.09 Å². The number of aromatic nitrogens is 3. The Labute approximate surface area is 160 Å². The number of fused-ring (bicyclic) bond motifs is 1. The van der Waals surface area contributed by atoms with Crippen LogP contribution in [0.25, 0.3) is 10.4 Å². The van der Waals surface area contributed by atoms with Gasteiger partial charge in [0.15, 0.2) is 5.82 Å². The van der Waals surface area contributed by atoms with Gasteiger partial charge in [-0.05, 0) is 39.5 Å². The summed E-state index contributed by atoms with van der Waals surface area (Å²) in [5, 5.41) is 4.30. The van der Waals surface area contributed by atoms with Crippen molar-refractivity contribution in [2.45, 2.75) is 45.1 Å². The second-order valence-corrected chi connectivity index (χ2v) is 8.10. The van der Waals surface area contributed by atoms with E-state index in [9.17, 15) is 4.79 Å². The molecule has 1 amide bonds. The van der Waals surface area contributed by atoms with Gasteiger partial charge in [-0.3, -0.25) is 0 Å². The lowest BCUT2D eigenvalue weighted by Gasteiger charge is -2.33. The molecule has 0 spiro atoms. The molecule has 2 aromatic rings. The van der Waals surface area contributed by atoms with E-state index in [1.54, 1.807) is 9.42 Å². The van der Waals surface area contributed by atoms with Crippen molar-refractivity contribution in [2.24, 2.45) is 0 Å². The highest BCUT2D eigenvalue weighted by molar-refractivity contribution is 9.10. The highest BCUT2D eigenvalue weighted by atomic mass is 79.9. The molecule has 0 unspecified atom stereocenters. The van der Waals surface area contributed by atoms with Gasteiger partial charge in [-0.25, -0.2) is 19.1 Å². The highest BCUT2D eigenvalue weighted by Gasteiger charge is 2.32. The number of rotatable bonds is 1. The van der Waals surface area contributed by atoms with Crippen molar-refractivity contribution >= 4 is 39.0 Å². The van der Waals surface area contributed by atoms with Crippen LogP contribution in [0.15, 0.2) is 10.8 Å². The minimum atomic E-state index is -0.512. The highest BCUT2D eigenvalue weighted by Crippen LogP contribution is 2.43. The van der Waals surface area contributed by atoms with Gasteiger partial charge in [0.25, 0.3) is 0 Å². The van der Waals surface area contributed by atoms with E-state index in [1.165, 1.54) is 6.33 Å². The number of nitrogens with two attached hydrogens (primary N) is 1. The van der Waals surface area contributed by atoms with E-state index in [2.05, 4.69) is 30.9 Å². The summed E-state index contributed by atoms with van der Waals surface area (Å²) in [5.41, 5.74) is 7.40. The number of carbonyl (C=O) groups excluding carboxylic acids is 1. The lowest BCUT2D eigenvalue weighted by molar-refractivity contribution is 0.0204.